The van der Waals surface area contributed by atoms with Crippen LogP contribution in [0.25, 0.3) is 0 Å². The molecule has 2 heterocycles. The van der Waals surface area contributed by atoms with Crippen LogP contribution in [0.2, 0.25) is 0 Å². The summed E-state index contributed by atoms with van der Waals surface area (Å²) >= 11 is 0. The lowest BCUT2D eigenvalue weighted by Gasteiger charge is -2.23. The molecule has 1 aromatic rings. The van der Waals surface area contributed by atoms with Crippen LogP contribution < -0.4 is 5.32 Å². The molecule has 2 unspecified atom stereocenters. The molecule has 3 rings (SSSR count). The van der Waals surface area contributed by atoms with E-state index < -0.39 is 0 Å². The van der Waals surface area contributed by atoms with E-state index >= 15 is 0 Å². The van der Waals surface area contributed by atoms with Gasteiger partial charge in [-0.3, -0.25) is 0 Å². The second-order valence-electron chi connectivity index (χ2n) is 6.01. The van der Waals surface area contributed by atoms with Gasteiger partial charge in [0, 0.05) is 19.6 Å². The highest BCUT2D eigenvalue weighted by atomic mass is 16.5. The van der Waals surface area contributed by atoms with Gasteiger partial charge < -0.3 is 14.6 Å². The molecule has 1 aliphatic carbocycles. The Balaban J connectivity index is 1.66. The maximum absolute atomic E-state index is 5.45. The van der Waals surface area contributed by atoms with Crippen LogP contribution in [0.1, 0.15) is 62.7 Å². The fourth-order valence-corrected chi connectivity index (χ4v) is 3.29. The monoisotopic (exact) mass is 265 g/mol. The maximum atomic E-state index is 5.45. The SMILES string of the molecule is CO[C@@H]1CN[C@@H](c2nc(C3CCCC(C)C3)no2)C1. The Morgan fingerprint density at radius 2 is 2.21 bits per heavy atom. The van der Waals surface area contributed by atoms with Gasteiger partial charge in [0.05, 0.1) is 12.1 Å². The molecule has 0 aromatic carbocycles. The first-order valence-electron chi connectivity index (χ1n) is 7.36. The maximum Gasteiger partial charge on any atom is 0.243 e. The van der Waals surface area contributed by atoms with Gasteiger partial charge in [-0.05, 0) is 25.2 Å². The lowest BCUT2D eigenvalue weighted by molar-refractivity contribution is 0.116. The fraction of sp³-hybridized carbons (Fsp3) is 0.857. The summed E-state index contributed by atoms with van der Waals surface area (Å²) in [5, 5.41) is 7.58. The number of aromatic nitrogens is 2. The van der Waals surface area contributed by atoms with Crippen molar-refractivity contribution in [2.24, 2.45) is 5.92 Å². The normalized spacial score (nSPS) is 35.7. The van der Waals surface area contributed by atoms with Gasteiger partial charge >= 0.3 is 0 Å². The summed E-state index contributed by atoms with van der Waals surface area (Å²) in [6.07, 6.45) is 6.18. The highest BCUT2D eigenvalue weighted by Gasteiger charge is 2.31. The molecule has 106 valence electrons. The molecule has 0 radical (unpaired) electrons. The number of methoxy groups -OCH3 is 1. The number of rotatable bonds is 3. The van der Waals surface area contributed by atoms with Gasteiger partial charge in [0.1, 0.15) is 0 Å². The van der Waals surface area contributed by atoms with Crippen LogP contribution in [-0.4, -0.2) is 29.9 Å². The van der Waals surface area contributed by atoms with Gasteiger partial charge in [0.15, 0.2) is 5.82 Å². The van der Waals surface area contributed by atoms with E-state index in [1.165, 1.54) is 25.7 Å². The van der Waals surface area contributed by atoms with Crippen molar-refractivity contribution in [3.63, 3.8) is 0 Å². The molecule has 19 heavy (non-hydrogen) atoms. The number of nitrogens with one attached hydrogen (secondary N) is 1. The molecule has 1 N–H and O–H groups in total. The van der Waals surface area contributed by atoms with Crippen LogP contribution in [0.4, 0.5) is 0 Å². The van der Waals surface area contributed by atoms with Crippen molar-refractivity contribution in [1.82, 2.24) is 15.5 Å². The zero-order valence-corrected chi connectivity index (χ0v) is 11.8. The molecule has 0 bridgehead atoms. The van der Waals surface area contributed by atoms with Crippen molar-refractivity contribution >= 4 is 0 Å². The predicted octanol–water partition coefficient (Wildman–Crippen LogP) is 2.41. The summed E-state index contributed by atoms with van der Waals surface area (Å²) in [4.78, 5) is 4.62. The van der Waals surface area contributed by atoms with Gasteiger partial charge in [-0.15, -0.1) is 0 Å². The molecule has 1 aliphatic heterocycles. The third-order valence-electron chi connectivity index (χ3n) is 4.48. The lowest BCUT2D eigenvalue weighted by Crippen LogP contribution is -2.16. The van der Waals surface area contributed by atoms with E-state index in [1.54, 1.807) is 7.11 Å². The summed E-state index contributed by atoms with van der Waals surface area (Å²) in [6.45, 7) is 3.17. The number of nitrogens with zero attached hydrogens (tertiary/aromatic N) is 2. The molecule has 4 atom stereocenters. The number of hydrogen-bond donors (Lipinski definition) is 1. The van der Waals surface area contributed by atoms with Crippen LogP contribution in [0, 0.1) is 5.92 Å². The lowest BCUT2D eigenvalue weighted by atomic mass is 9.82. The first-order chi connectivity index (χ1) is 9.26. The highest BCUT2D eigenvalue weighted by molar-refractivity contribution is 5.02. The second kappa shape index (κ2) is 5.59. The average molecular weight is 265 g/mol. The van der Waals surface area contributed by atoms with Crippen LogP contribution in [0.15, 0.2) is 4.52 Å². The van der Waals surface area contributed by atoms with Crippen molar-refractivity contribution in [1.29, 1.82) is 0 Å². The standard InChI is InChI=1S/C14H23N3O2/c1-9-4-3-5-10(6-9)13-16-14(19-17-13)12-7-11(18-2)8-15-12/h9-12,15H,3-8H2,1-2H3/t9?,10?,11-,12+/m0/s1. The molecule has 1 saturated heterocycles. The van der Waals surface area contributed by atoms with Gasteiger partial charge in [-0.25, -0.2) is 0 Å². The summed E-state index contributed by atoms with van der Waals surface area (Å²) in [5.74, 6) is 2.90. The minimum absolute atomic E-state index is 0.159. The van der Waals surface area contributed by atoms with E-state index in [0.29, 0.717) is 5.92 Å². The Labute approximate surface area is 114 Å². The van der Waals surface area contributed by atoms with Crippen LogP contribution in [0.3, 0.4) is 0 Å². The molecular formula is C14H23N3O2. The molecule has 5 nitrogen and oxygen atoms in total. The quantitative estimate of drug-likeness (QED) is 0.909. The largest absolute Gasteiger partial charge is 0.380 e. The minimum Gasteiger partial charge on any atom is -0.380 e. The Morgan fingerprint density at radius 1 is 1.32 bits per heavy atom. The van der Waals surface area contributed by atoms with Crippen LogP contribution in [0.5, 0.6) is 0 Å². The zero-order chi connectivity index (χ0) is 13.2. The van der Waals surface area contributed by atoms with E-state index in [1.807, 2.05) is 0 Å². The van der Waals surface area contributed by atoms with Crippen molar-refractivity contribution in [3.8, 4) is 0 Å². The second-order valence-corrected chi connectivity index (χ2v) is 6.01. The van der Waals surface area contributed by atoms with Crippen LogP contribution in [-0.2, 0) is 4.74 Å². The third-order valence-corrected chi connectivity index (χ3v) is 4.48. The Kier molecular flexibility index (Phi) is 3.84. The summed E-state index contributed by atoms with van der Waals surface area (Å²) in [5.41, 5.74) is 0. The molecule has 1 saturated carbocycles. The summed E-state index contributed by atoms with van der Waals surface area (Å²) in [7, 11) is 1.75. The van der Waals surface area contributed by atoms with Crippen molar-refractivity contribution in [2.75, 3.05) is 13.7 Å². The number of ether oxygens (including phenoxy) is 1. The van der Waals surface area contributed by atoms with Gasteiger partial charge in [-0.1, -0.05) is 24.9 Å². The van der Waals surface area contributed by atoms with Gasteiger partial charge in [0.2, 0.25) is 5.89 Å². The molecule has 2 aliphatic rings. The topological polar surface area (TPSA) is 60.2 Å². The molecule has 2 fully saturated rings. The molecular weight excluding hydrogens is 242 g/mol. The van der Waals surface area contributed by atoms with Crippen molar-refractivity contribution < 1.29 is 9.26 Å². The van der Waals surface area contributed by atoms with E-state index in [9.17, 15) is 0 Å². The van der Waals surface area contributed by atoms with Gasteiger partial charge in [-0.2, -0.15) is 4.98 Å². The van der Waals surface area contributed by atoms with Crippen molar-refractivity contribution in [3.05, 3.63) is 11.7 Å². The summed E-state index contributed by atoms with van der Waals surface area (Å²) in [6, 6.07) is 0.159. The molecule has 1 aromatic heterocycles. The first kappa shape index (κ1) is 13.1. The van der Waals surface area contributed by atoms with E-state index in [4.69, 9.17) is 9.26 Å². The Bertz CT molecular complexity index is 421. The molecule has 0 amide bonds. The van der Waals surface area contributed by atoms with Gasteiger partial charge in [0.25, 0.3) is 0 Å². The molecule has 0 spiro atoms. The minimum atomic E-state index is 0.159. The first-order valence-corrected chi connectivity index (χ1v) is 7.36. The average Bonchev–Trinajstić information content (AvgIpc) is 3.07. The smallest absolute Gasteiger partial charge is 0.243 e. The molecule has 5 heteroatoms. The van der Waals surface area contributed by atoms with Crippen molar-refractivity contribution in [2.45, 2.75) is 57.1 Å². The Hall–Kier alpha value is -0.940. The third kappa shape index (κ3) is 2.82. The number of hydrogen-bond acceptors (Lipinski definition) is 5. The highest BCUT2D eigenvalue weighted by Crippen LogP contribution is 2.35. The van der Waals surface area contributed by atoms with E-state index in [0.717, 1.165) is 30.6 Å². The predicted molar refractivity (Wildman–Crippen MR) is 70.8 cm³/mol. The fourth-order valence-electron chi connectivity index (χ4n) is 3.29. The Morgan fingerprint density at radius 3 is 2.95 bits per heavy atom. The van der Waals surface area contributed by atoms with Crippen LogP contribution >= 0.6 is 0 Å². The zero-order valence-electron chi connectivity index (χ0n) is 11.8. The van der Waals surface area contributed by atoms with E-state index in [-0.39, 0.29) is 12.1 Å². The summed E-state index contributed by atoms with van der Waals surface area (Å²) < 4.78 is 10.8. The van der Waals surface area contributed by atoms with E-state index in [2.05, 4.69) is 22.4 Å².